The molecule has 4 rings (SSSR count). The SMILES string of the molecule is CS(=O)(=O)N(Cc1ccc(Cl)cc1)c1ccc(C(=O)N/N=C\c2ccc(OCc3ccccc3)cc2)cc1. The Hall–Kier alpha value is -4.14. The molecule has 4 aromatic rings. The topological polar surface area (TPSA) is 88.1 Å². The molecule has 0 unspecified atom stereocenters. The number of ether oxygens (including phenoxy) is 1. The molecule has 4 aromatic carbocycles. The monoisotopic (exact) mass is 547 g/mol. The van der Waals surface area contributed by atoms with E-state index in [9.17, 15) is 13.2 Å². The predicted molar refractivity (Wildman–Crippen MR) is 151 cm³/mol. The Bertz CT molecular complexity index is 1490. The minimum Gasteiger partial charge on any atom is -0.489 e. The van der Waals surface area contributed by atoms with Crippen LogP contribution in [-0.2, 0) is 23.2 Å². The molecule has 0 aromatic heterocycles. The molecule has 1 amide bonds. The van der Waals surface area contributed by atoms with Gasteiger partial charge in [-0.3, -0.25) is 9.10 Å². The number of carbonyl (C=O) groups is 1. The third kappa shape index (κ3) is 7.68. The van der Waals surface area contributed by atoms with Gasteiger partial charge in [0.1, 0.15) is 12.4 Å². The van der Waals surface area contributed by atoms with Gasteiger partial charge >= 0.3 is 0 Å². The molecule has 0 heterocycles. The van der Waals surface area contributed by atoms with Crippen LogP contribution in [-0.4, -0.2) is 26.8 Å². The van der Waals surface area contributed by atoms with Crippen LogP contribution in [0.5, 0.6) is 5.75 Å². The number of hydrazone groups is 1. The summed E-state index contributed by atoms with van der Waals surface area (Å²) in [7, 11) is -3.56. The zero-order valence-electron chi connectivity index (χ0n) is 20.6. The van der Waals surface area contributed by atoms with E-state index in [2.05, 4.69) is 10.5 Å². The van der Waals surface area contributed by atoms with Crippen molar-refractivity contribution >= 4 is 39.4 Å². The van der Waals surface area contributed by atoms with Crippen molar-refractivity contribution in [2.45, 2.75) is 13.2 Å². The zero-order valence-corrected chi connectivity index (χ0v) is 22.2. The van der Waals surface area contributed by atoms with Crippen molar-refractivity contribution in [1.29, 1.82) is 0 Å². The lowest BCUT2D eigenvalue weighted by atomic mass is 10.2. The number of hydrogen-bond donors (Lipinski definition) is 1. The highest BCUT2D eigenvalue weighted by Crippen LogP contribution is 2.22. The fourth-order valence-corrected chi connectivity index (χ4v) is 4.57. The normalized spacial score (nSPS) is 11.3. The number of nitrogens with zero attached hydrogens (tertiary/aromatic N) is 2. The van der Waals surface area contributed by atoms with E-state index in [4.69, 9.17) is 16.3 Å². The Labute approximate surface area is 227 Å². The van der Waals surface area contributed by atoms with Gasteiger partial charge in [0.05, 0.1) is 24.7 Å². The quantitative estimate of drug-likeness (QED) is 0.205. The lowest BCUT2D eigenvalue weighted by molar-refractivity contribution is 0.0955. The summed E-state index contributed by atoms with van der Waals surface area (Å²) in [6, 6.07) is 30.5. The molecule has 0 fully saturated rings. The molecular formula is C29H26ClN3O4S. The summed E-state index contributed by atoms with van der Waals surface area (Å²) < 4.78 is 31.9. The molecule has 0 atom stereocenters. The lowest BCUT2D eigenvalue weighted by Crippen LogP contribution is -2.29. The number of hydrogen-bond acceptors (Lipinski definition) is 5. The van der Waals surface area contributed by atoms with Crippen LogP contribution in [0.2, 0.25) is 5.02 Å². The highest BCUT2D eigenvalue weighted by Gasteiger charge is 2.18. The van der Waals surface area contributed by atoms with Crippen molar-refractivity contribution in [2.75, 3.05) is 10.6 Å². The van der Waals surface area contributed by atoms with E-state index < -0.39 is 15.9 Å². The summed E-state index contributed by atoms with van der Waals surface area (Å²) in [5.41, 5.74) is 5.93. The van der Waals surface area contributed by atoms with E-state index in [1.807, 2.05) is 54.6 Å². The number of nitrogens with one attached hydrogen (secondary N) is 1. The fraction of sp³-hybridized carbons (Fsp3) is 0.103. The van der Waals surface area contributed by atoms with Crippen molar-refractivity contribution in [2.24, 2.45) is 5.10 Å². The lowest BCUT2D eigenvalue weighted by Gasteiger charge is -2.22. The minimum atomic E-state index is -3.56. The third-order valence-corrected chi connectivity index (χ3v) is 6.96. The average molecular weight is 548 g/mol. The third-order valence-electron chi connectivity index (χ3n) is 5.57. The van der Waals surface area contributed by atoms with Crippen LogP contribution in [0.3, 0.4) is 0 Å². The van der Waals surface area contributed by atoms with Gasteiger partial charge in [0, 0.05) is 10.6 Å². The Morgan fingerprint density at radius 1 is 0.895 bits per heavy atom. The van der Waals surface area contributed by atoms with Crippen molar-refractivity contribution < 1.29 is 17.9 Å². The van der Waals surface area contributed by atoms with Crippen LogP contribution in [0.15, 0.2) is 108 Å². The van der Waals surface area contributed by atoms with Gasteiger partial charge in [-0.05, 0) is 77.4 Å². The molecule has 38 heavy (non-hydrogen) atoms. The van der Waals surface area contributed by atoms with Crippen molar-refractivity contribution in [1.82, 2.24) is 5.43 Å². The van der Waals surface area contributed by atoms with Gasteiger partial charge in [-0.15, -0.1) is 0 Å². The Morgan fingerprint density at radius 3 is 2.18 bits per heavy atom. The van der Waals surface area contributed by atoms with Crippen LogP contribution in [0.1, 0.15) is 27.0 Å². The molecule has 0 bridgehead atoms. The van der Waals surface area contributed by atoms with E-state index in [0.717, 1.165) is 28.7 Å². The zero-order chi connectivity index (χ0) is 27.0. The minimum absolute atomic E-state index is 0.141. The molecule has 0 aliphatic heterocycles. The van der Waals surface area contributed by atoms with E-state index >= 15 is 0 Å². The summed E-state index contributed by atoms with van der Waals surface area (Å²) >= 11 is 5.93. The molecule has 0 saturated carbocycles. The standard InChI is InChI=1S/C29H26ClN3O4S/c1-38(35,36)33(20-23-7-13-26(30)14-8-23)27-15-11-25(12-16-27)29(34)32-31-19-22-9-17-28(18-10-22)37-21-24-5-3-2-4-6-24/h2-19H,20-21H2,1H3,(H,32,34)/b31-19-. The first kappa shape index (κ1) is 26.9. The number of benzene rings is 4. The smallest absolute Gasteiger partial charge is 0.271 e. The number of carbonyl (C=O) groups excluding carboxylic acids is 1. The van der Waals surface area contributed by atoms with Crippen molar-refractivity contribution in [3.63, 3.8) is 0 Å². The number of sulfonamides is 1. The first-order valence-corrected chi connectivity index (χ1v) is 13.9. The van der Waals surface area contributed by atoms with Crippen LogP contribution in [0, 0.1) is 0 Å². The number of halogens is 1. The number of anilines is 1. The van der Waals surface area contributed by atoms with Gasteiger partial charge in [0.2, 0.25) is 10.0 Å². The maximum atomic E-state index is 12.5. The molecule has 0 aliphatic rings. The highest BCUT2D eigenvalue weighted by molar-refractivity contribution is 7.92. The average Bonchev–Trinajstić information content (AvgIpc) is 2.92. The summed E-state index contributed by atoms with van der Waals surface area (Å²) in [5, 5.41) is 4.59. The summed E-state index contributed by atoms with van der Waals surface area (Å²) in [4.78, 5) is 12.5. The Kier molecular flexibility index (Phi) is 8.78. The van der Waals surface area contributed by atoms with Gasteiger partial charge < -0.3 is 4.74 Å². The predicted octanol–water partition coefficient (Wildman–Crippen LogP) is 5.65. The second-order valence-electron chi connectivity index (χ2n) is 8.49. The maximum absolute atomic E-state index is 12.5. The molecule has 194 valence electrons. The number of amides is 1. The second-order valence-corrected chi connectivity index (χ2v) is 10.8. The second kappa shape index (κ2) is 12.4. The molecule has 0 saturated heterocycles. The van der Waals surface area contributed by atoms with Gasteiger partial charge in [-0.25, -0.2) is 13.8 Å². The van der Waals surface area contributed by atoms with Crippen LogP contribution >= 0.6 is 11.6 Å². The molecule has 9 heteroatoms. The molecule has 1 N–H and O–H groups in total. The van der Waals surface area contributed by atoms with Crippen LogP contribution < -0.4 is 14.5 Å². The fourth-order valence-electron chi connectivity index (χ4n) is 3.56. The summed E-state index contributed by atoms with van der Waals surface area (Å²) in [6.07, 6.45) is 2.67. The van der Waals surface area contributed by atoms with E-state index in [-0.39, 0.29) is 6.54 Å². The number of rotatable bonds is 10. The van der Waals surface area contributed by atoms with Gasteiger partial charge in [0.25, 0.3) is 5.91 Å². The summed E-state index contributed by atoms with van der Waals surface area (Å²) in [6.45, 7) is 0.619. The van der Waals surface area contributed by atoms with Crippen molar-refractivity contribution in [3.8, 4) is 5.75 Å². The summed E-state index contributed by atoms with van der Waals surface area (Å²) in [5.74, 6) is 0.313. The van der Waals surface area contributed by atoms with Crippen LogP contribution in [0.4, 0.5) is 5.69 Å². The first-order valence-electron chi connectivity index (χ1n) is 11.7. The van der Waals surface area contributed by atoms with E-state index in [1.165, 1.54) is 10.5 Å². The van der Waals surface area contributed by atoms with Gasteiger partial charge in [-0.2, -0.15) is 5.10 Å². The highest BCUT2D eigenvalue weighted by atomic mass is 35.5. The molecule has 0 radical (unpaired) electrons. The largest absolute Gasteiger partial charge is 0.489 e. The Balaban J connectivity index is 1.33. The van der Waals surface area contributed by atoms with Crippen LogP contribution in [0.25, 0.3) is 0 Å². The maximum Gasteiger partial charge on any atom is 0.271 e. The van der Waals surface area contributed by atoms with Gasteiger partial charge in [-0.1, -0.05) is 54.1 Å². The molecule has 0 spiro atoms. The van der Waals surface area contributed by atoms with E-state index in [0.29, 0.717) is 22.9 Å². The Morgan fingerprint density at radius 2 is 1.55 bits per heavy atom. The van der Waals surface area contributed by atoms with Gasteiger partial charge in [0.15, 0.2) is 0 Å². The molecule has 7 nitrogen and oxygen atoms in total. The first-order chi connectivity index (χ1) is 18.3. The molecule has 0 aliphatic carbocycles. The van der Waals surface area contributed by atoms with Crippen molar-refractivity contribution in [3.05, 3.63) is 130 Å². The molecular weight excluding hydrogens is 522 g/mol. The van der Waals surface area contributed by atoms with E-state index in [1.54, 1.807) is 48.5 Å².